The fraction of sp³-hybridized carbons (Fsp3) is 0.407. The predicted octanol–water partition coefficient (Wildman–Crippen LogP) is 5.19. The summed E-state index contributed by atoms with van der Waals surface area (Å²) < 4.78 is 16.9. The monoisotopic (exact) mass is 488 g/mol. The maximum absolute atomic E-state index is 14.8. The first-order chi connectivity index (χ1) is 17.3. The molecule has 188 valence electrons. The van der Waals surface area contributed by atoms with Gasteiger partial charge in [-0.3, -0.25) is 0 Å². The van der Waals surface area contributed by atoms with Gasteiger partial charge in [-0.25, -0.2) is 24.3 Å². The summed E-state index contributed by atoms with van der Waals surface area (Å²) in [5.74, 6) is 1.37. The Morgan fingerprint density at radius 2 is 1.81 bits per heavy atom. The smallest absolute Gasteiger partial charge is 0.229 e. The molecule has 0 saturated carbocycles. The molecule has 8 nitrogen and oxygen atoms in total. The molecule has 0 spiro atoms. The predicted molar refractivity (Wildman–Crippen MR) is 142 cm³/mol. The Balaban J connectivity index is 1.35. The molecule has 1 saturated heterocycles. The van der Waals surface area contributed by atoms with Crippen molar-refractivity contribution >= 4 is 28.5 Å². The van der Waals surface area contributed by atoms with Gasteiger partial charge >= 0.3 is 0 Å². The first-order valence-electron chi connectivity index (χ1n) is 12.5. The van der Waals surface area contributed by atoms with Gasteiger partial charge in [0.15, 0.2) is 5.82 Å². The maximum Gasteiger partial charge on any atom is 0.229 e. The molecule has 5 rings (SSSR count). The maximum atomic E-state index is 14.8. The van der Waals surface area contributed by atoms with Crippen molar-refractivity contribution in [2.45, 2.75) is 45.7 Å². The summed E-state index contributed by atoms with van der Waals surface area (Å²) in [4.78, 5) is 22.5. The molecule has 0 atom stereocenters. The minimum atomic E-state index is -0.475. The molecule has 9 heteroatoms. The van der Waals surface area contributed by atoms with E-state index in [0.29, 0.717) is 23.4 Å². The number of halogens is 1. The van der Waals surface area contributed by atoms with Crippen LogP contribution in [0.2, 0.25) is 0 Å². The van der Waals surface area contributed by atoms with Gasteiger partial charge < -0.3 is 19.7 Å². The second kappa shape index (κ2) is 9.81. The third kappa shape index (κ3) is 4.75. The summed E-state index contributed by atoms with van der Waals surface area (Å²) in [5.41, 5.74) is 3.86. The molecule has 0 radical (unpaired) electrons. The lowest BCUT2D eigenvalue weighted by molar-refractivity contribution is 0.249. The van der Waals surface area contributed by atoms with Gasteiger partial charge in [0, 0.05) is 30.7 Å². The van der Waals surface area contributed by atoms with Gasteiger partial charge in [-0.2, -0.15) is 0 Å². The molecule has 0 aliphatic carbocycles. The number of aromatic nitrogens is 5. The Hall–Kier alpha value is -3.59. The highest BCUT2D eigenvalue weighted by molar-refractivity contribution is 5.82. The molecule has 4 aromatic rings. The van der Waals surface area contributed by atoms with E-state index in [0.717, 1.165) is 48.5 Å². The number of fused-ring (bicyclic) bond motifs is 1. The number of nitrogens with zero attached hydrogens (tertiary/aromatic N) is 7. The molecule has 36 heavy (non-hydrogen) atoms. The average Bonchev–Trinajstić information content (AvgIpc) is 3.21. The lowest BCUT2D eigenvalue weighted by Crippen LogP contribution is -2.42. The lowest BCUT2D eigenvalue weighted by Gasteiger charge is -2.36. The Bertz CT molecular complexity index is 1350. The van der Waals surface area contributed by atoms with Crippen LogP contribution in [0.5, 0.6) is 0 Å². The molecule has 1 aliphatic heterocycles. The van der Waals surface area contributed by atoms with Gasteiger partial charge in [-0.1, -0.05) is 6.07 Å². The highest BCUT2D eigenvalue weighted by Crippen LogP contribution is 2.29. The van der Waals surface area contributed by atoms with Crippen LogP contribution in [0.15, 0.2) is 42.7 Å². The van der Waals surface area contributed by atoms with Crippen LogP contribution in [0.1, 0.15) is 38.6 Å². The van der Waals surface area contributed by atoms with E-state index >= 15 is 0 Å². The van der Waals surface area contributed by atoms with Crippen molar-refractivity contribution in [3.05, 3.63) is 54.4 Å². The molecule has 1 N–H and O–H groups in total. The van der Waals surface area contributed by atoms with Crippen molar-refractivity contribution in [3.63, 3.8) is 0 Å². The Kier molecular flexibility index (Phi) is 6.57. The van der Waals surface area contributed by atoms with Crippen molar-refractivity contribution < 1.29 is 4.39 Å². The second-order valence-electron chi connectivity index (χ2n) is 9.92. The van der Waals surface area contributed by atoms with Crippen LogP contribution in [0, 0.1) is 12.7 Å². The molecule has 3 aromatic heterocycles. The van der Waals surface area contributed by atoms with Crippen LogP contribution in [-0.4, -0.2) is 62.6 Å². The van der Waals surface area contributed by atoms with E-state index in [1.165, 1.54) is 6.20 Å². The van der Waals surface area contributed by atoms with Crippen LogP contribution in [0.4, 0.5) is 21.8 Å². The average molecular weight is 489 g/mol. The molecule has 0 unspecified atom stereocenters. The van der Waals surface area contributed by atoms with Crippen LogP contribution < -0.4 is 10.2 Å². The number of hydrogen-bond donors (Lipinski definition) is 1. The molecule has 1 aromatic carbocycles. The zero-order valence-electron chi connectivity index (χ0n) is 21.5. The normalized spacial score (nSPS) is 14.8. The Morgan fingerprint density at radius 3 is 2.47 bits per heavy atom. The SMILES string of the molecule is Cc1nc2ccc(-c3nc(Nc4ccc(N5CCC(N(C)C)CC5)cn4)ncc3F)cc2n1C(C)C. The standard InChI is InChI=1S/C27H33FN8/c1-17(2)36-18(3)31-23-8-6-19(14-24(23)36)26-22(28)16-30-27(33-26)32-25-9-7-21(15-29-25)35-12-10-20(11-13-35)34(4)5/h6-9,14-17,20H,10-13H2,1-5H3,(H,29,30,32,33). The van der Waals surface area contributed by atoms with Crippen molar-refractivity contribution in [3.8, 4) is 11.3 Å². The second-order valence-corrected chi connectivity index (χ2v) is 9.92. The number of nitrogens with one attached hydrogen (secondary N) is 1. The van der Waals surface area contributed by atoms with E-state index in [1.54, 1.807) is 0 Å². The van der Waals surface area contributed by atoms with E-state index < -0.39 is 5.82 Å². The fourth-order valence-corrected chi connectivity index (χ4v) is 5.04. The van der Waals surface area contributed by atoms with Gasteiger partial charge in [0.1, 0.15) is 17.3 Å². The summed E-state index contributed by atoms with van der Waals surface area (Å²) in [6, 6.07) is 10.5. The minimum absolute atomic E-state index is 0.240. The van der Waals surface area contributed by atoms with Gasteiger partial charge in [0.05, 0.1) is 29.1 Å². The van der Waals surface area contributed by atoms with Gasteiger partial charge in [-0.05, 0) is 72.0 Å². The quantitative estimate of drug-likeness (QED) is 0.400. The molecule has 1 fully saturated rings. The number of benzene rings is 1. The van der Waals surface area contributed by atoms with E-state index in [-0.39, 0.29) is 11.7 Å². The number of hydrogen-bond acceptors (Lipinski definition) is 7. The van der Waals surface area contributed by atoms with Crippen molar-refractivity contribution in [2.24, 2.45) is 0 Å². The number of pyridine rings is 1. The van der Waals surface area contributed by atoms with Crippen LogP contribution in [-0.2, 0) is 0 Å². The first-order valence-corrected chi connectivity index (χ1v) is 12.5. The zero-order valence-corrected chi connectivity index (χ0v) is 21.5. The number of piperidine rings is 1. The van der Waals surface area contributed by atoms with Crippen LogP contribution in [0.3, 0.4) is 0 Å². The number of imidazole rings is 1. The molecule has 0 bridgehead atoms. The highest BCUT2D eigenvalue weighted by atomic mass is 19.1. The Labute approximate surface area is 211 Å². The minimum Gasteiger partial charge on any atom is -0.370 e. The van der Waals surface area contributed by atoms with E-state index in [1.807, 2.05) is 37.4 Å². The van der Waals surface area contributed by atoms with Crippen molar-refractivity contribution in [2.75, 3.05) is 37.4 Å². The molecular formula is C27H33FN8. The molecule has 1 aliphatic rings. The van der Waals surface area contributed by atoms with Crippen molar-refractivity contribution in [1.82, 2.24) is 29.4 Å². The van der Waals surface area contributed by atoms with Crippen LogP contribution >= 0.6 is 0 Å². The first kappa shape index (κ1) is 24.1. The van der Waals surface area contributed by atoms with Crippen LogP contribution in [0.25, 0.3) is 22.3 Å². The van der Waals surface area contributed by atoms with Gasteiger partial charge in [-0.15, -0.1) is 0 Å². The third-order valence-electron chi connectivity index (χ3n) is 6.95. The van der Waals surface area contributed by atoms with E-state index in [9.17, 15) is 4.39 Å². The van der Waals surface area contributed by atoms with Gasteiger partial charge in [0.2, 0.25) is 5.95 Å². The van der Waals surface area contributed by atoms with E-state index in [2.05, 4.69) is 73.6 Å². The Morgan fingerprint density at radius 1 is 1.03 bits per heavy atom. The third-order valence-corrected chi connectivity index (χ3v) is 6.95. The highest BCUT2D eigenvalue weighted by Gasteiger charge is 2.21. The summed E-state index contributed by atoms with van der Waals surface area (Å²) in [7, 11) is 4.29. The fourth-order valence-electron chi connectivity index (χ4n) is 5.04. The number of anilines is 3. The lowest BCUT2D eigenvalue weighted by atomic mass is 10.0. The topological polar surface area (TPSA) is 75.0 Å². The largest absolute Gasteiger partial charge is 0.370 e. The van der Waals surface area contributed by atoms with E-state index in [4.69, 9.17) is 0 Å². The van der Waals surface area contributed by atoms with Crippen molar-refractivity contribution in [1.29, 1.82) is 0 Å². The summed E-state index contributed by atoms with van der Waals surface area (Å²) in [6.45, 7) is 8.23. The molecule has 4 heterocycles. The summed E-state index contributed by atoms with van der Waals surface area (Å²) in [5, 5.41) is 3.12. The number of rotatable bonds is 6. The number of aryl methyl sites for hydroxylation is 1. The zero-order chi connectivity index (χ0) is 25.4. The molecular weight excluding hydrogens is 455 g/mol. The van der Waals surface area contributed by atoms with Gasteiger partial charge in [0.25, 0.3) is 0 Å². The summed E-state index contributed by atoms with van der Waals surface area (Å²) in [6.07, 6.45) is 5.35. The summed E-state index contributed by atoms with van der Waals surface area (Å²) >= 11 is 0. The molecule has 0 amide bonds.